The van der Waals surface area contributed by atoms with Gasteiger partial charge in [-0.15, -0.1) is 0 Å². The minimum absolute atomic E-state index is 0.597. The quantitative estimate of drug-likeness (QED) is 0.648. The molecule has 4 rings (SSSR count). The molecule has 0 N–H and O–H groups in total. The summed E-state index contributed by atoms with van der Waals surface area (Å²) in [6.07, 6.45) is 6.15. The van der Waals surface area contributed by atoms with Gasteiger partial charge in [0, 0.05) is 55.6 Å². The number of aromatic nitrogens is 3. The Balaban J connectivity index is 1.65. The van der Waals surface area contributed by atoms with E-state index in [0.717, 1.165) is 66.2 Å². The van der Waals surface area contributed by atoms with E-state index in [-0.39, 0.29) is 0 Å². The van der Waals surface area contributed by atoms with Crippen LogP contribution in [0.2, 0.25) is 0 Å². The summed E-state index contributed by atoms with van der Waals surface area (Å²) in [4.78, 5) is 28.0. The number of ether oxygens (including phenoxy) is 1. The molecule has 1 aliphatic rings. The third-order valence-corrected chi connectivity index (χ3v) is 4.76. The lowest BCUT2D eigenvalue weighted by Crippen LogP contribution is -2.45. The largest absolute Gasteiger partial charge is 0.494 e. The van der Waals surface area contributed by atoms with Crippen LogP contribution in [-0.2, 0) is 4.79 Å². The van der Waals surface area contributed by atoms with Crippen molar-refractivity contribution < 1.29 is 9.53 Å². The molecule has 2 aromatic heterocycles. The van der Waals surface area contributed by atoms with Crippen molar-refractivity contribution in [3.8, 4) is 16.9 Å². The molecule has 0 atom stereocenters. The summed E-state index contributed by atoms with van der Waals surface area (Å²) < 4.78 is 5.69. The summed E-state index contributed by atoms with van der Waals surface area (Å²) >= 11 is 0. The molecule has 138 valence electrons. The van der Waals surface area contributed by atoms with Crippen LogP contribution in [0, 0.1) is 0 Å². The minimum Gasteiger partial charge on any atom is -0.494 e. The maximum Gasteiger partial charge on any atom is 0.209 e. The Labute approximate surface area is 157 Å². The molecule has 0 radical (unpaired) electrons. The fourth-order valence-corrected chi connectivity index (χ4v) is 3.34. The highest BCUT2D eigenvalue weighted by Crippen LogP contribution is 2.32. The number of carbonyl (C=O) groups is 1. The van der Waals surface area contributed by atoms with Crippen LogP contribution >= 0.6 is 0 Å². The third-order valence-electron chi connectivity index (χ3n) is 4.76. The molecule has 3 heterocycles. The van der Waals surface area contributed by atoms with Gasteiger partial charge in [-0.2, -0.15) is 0 Å². The van der Waals surface area contributed by atoms with Crippen LogP contribution in [0.3, 0.4) is 0 Å². The van der Waals surface area contributed by atoms with Gasteiger partial charge in [0.15, 0.2) is 0 Å². The first-order chi connectivity index (χ1) is 13.3. The van der Waals surface area contributed by atoms with E-state index in [9.17, 15) is 4.79 Å². The van der Waals surface area contributed by atoms with E-state index in [1.54, 1.807) is 11.2 Å². The SMILES string of the molecule is CCOc1cc(-c2ccc(N3CCN(C=O)CC3)nc2)c2cncnc2c1. The van der Waals surface area contributed by atoms with Crippen molar-refractivity contribution in [2.24, 2.45) is 0 Å². The Morgan fingerprint density at radius 2 is 1.96 bits per heavy atom. The minimum atomic E-state index is 0.597. The number of rotatable bonds is 5. The molecule has 1 saturated heterocycles. The molecular weight excluding hydrogens is 342 g/mol. The standard InChI is InChI=1S/C20H21N5O2/c1-2-27-16-9-17(18-12-21-13-23-19(18)10-16)15-3-4-20(22-11-15)25-7-5-24(14-26)6-8-25/h3-4,9-14H,2,5-8H2,1H3. The van der Waals surface area contributed by atoms with E-state index >= 15 is 0 Å². The molecule has 1 fully saturated rings. The number of hydrogen-bond donors (Lipinski definition) is 0. The van der Waals surface area contributed by atoms with Gasteiger partial charge in [0.05, 0.1) is 12.1 Å². The lowest BCUT2D eigenvalue weighted by molar-refractivity contribution is -0.118. The molecule has 0 spiro atoms. The summed E-state index contributed by atoms with van der Waals surface area (Å²) in [5, 5.41) is 0.968. The Kier molecular flexibility index (Phi) is 4.82. The van der Waals surface area contributed by atoms with Crippen molar-refractivity contribution in [1.82, 2.24) is 19.9 Å². The Morgan fingerprint density at radius 1 is 1.11 bits per heavy atom. The number of pyridine rings is 1. The number of amides is 1. The molecule has 1 aliphatic heterocycles. The van der Waals surface area contributed by atoms with E-state index in [1.165, 1.54) is 0 Å². The van der Waals surface area contributed by atoms with E-state index < -0.39 is 0 Å². The number of carbonyl (C=O) groups excluding carboxylic acids is 1. The molecule has 7 nitrogen and oxygen atoms in total. The second kappa shape index (κ2) is 7.57. The normalized spacial score (nSPS) is 14.4. The average Bonchev–Trinajstić information content (AvgIpc) is 2.74. The Bertz CT molecular complexity index is 937. The van der Waals surface area contributed by atoms with Gasteiger partial charge in [0.1, 0.15) is 17.9 Å². The van der Waals surface area contributed by atoms with E-state index in [2.05, 4.69) is 25.9 Å². The summed E-state index contributed by atoms with van der Waals surface area (Å²) in [6.45, 7) is 5.60. The molecular formula is C20H21N5O2. The van der Waals surface area contributed by atoms with Gasteiger partial charge in [-0.05, 0) is 30.7 Å². The predicted octanol–water partition coefficient (Wildman–Crippen LogP) is 2.37. The van der Waals surface area contributed by atoms with Crippen LogP contribution in [-0.4, -0.2) is 59.0 Å². The summed E-state index contributed by atoms with van der Waals surface area (Å²) in [6, 6.07) is 8.02. The van der Waals surface area contributed by atoms with Gasteiger partial charge >= 0.3 is 0 Å². The van der Waals surface area contributed by atoms with Crippen molar-refractivity contribution >= 4 is 23.1 Å². The zero-order valence-corrected chi connectivity index (χ0v) is 15.2. The van der Waals surface area contributed by atoms with Gasteiger partial charge in [-0.3, -0.25) is 4.79 Å². The van der Waals surface area contributed by atoms with Crippen LogP contribution in [0.4, 0.5) is 5.82 Å². The first-order valence-corrected chi connectivity index (χ1v) is 9.06. The van der Waals surface area contributed by atoms with Crippen LogP contribution in [0.15, 0.2) is 43.0 Å². The Morgan fingerprint density at radius 3 is 2.67 bits per heavy atom. The maximum absolute atomic E-state index is 10.9. The van der Waals surface area contributed by atoms with Gasteiger partial charge in [0.2, 0.25) is 6.41 Å². The van der Waals surface area contributed by atoms with Crippen LogP contribution in [0.1, 0.15) is 6.92 Å². The topological polar surface area (TPSA) is 71.5 Å². The van der Waals surface area contributed by atoms with Crippen molar-refractivity contribution in [2.75, 3.05) is 37.7 Å². The van der Waals surface area contributed by atoms with Gasteiger partial charge < -0.3 is 14.5 Å². The third kappa shape index (κ3) is 3.53. The van der Waals surface area contributed by atoms with Crippen LogP contribution in [0.5, 0.6) is 5.75 Å². The van der Waals surface area contributed by atoms with Gasteiger partial charge in [0.25, 0.3) is 0 Å². The molecule has 1 amide bonds. The summed E-state index contributed by atoms with van der Waals surface area (Å²) in [7, 11) is 0. The van der Waals surface area contributed by atoms with E-state index in [0.29, 0.717) is 6.61 Å². The number of nitrogens with zero attached hydrogens (tertiary/aromatic N) is 5. The first-order valence-electron chi connectivity index (χ1n) is 9.06. The second-order valence-corrected chi connectivity index (χ2v) is 6.39. The number of piperazine rings is 1. The van der Waals surface area contributed by atoms with Crippen molar-refractivity contribution in [3.05, 3.63) is 43.0 Å². The monoisotopic (exact) mass is 363 g/mol. The molecule has 27 heavy (non-hydrogen) atoms. The van der Waals surface area contributed by atoms with Crippen molar-refractivity contribution in [3.63, 3.8) is 0 Å². The van der Waals surface area contributed by atoms with E-state index in [4.69, 9.17) is 4.74 Å². The van der Waals surface area contributed by atoms with Crippen LogP contribution in [0.25, 0.3) is 22.0 Å². The second-order valence-electron chi connectivity index (χ2n) is 6.39. The molecule has 0 aliphatic carbocycles. The molecule has 3 aromatic rings. The fourth-order valence-electron chi connectivity index (χ4n) is 3.34. The molecule has 1 aromatic carbocycles. The number of benzene rings is 1. The molecule has 0 bridgehead atoms. The van der Waals surface area contributed by atoms with Crippen molar-refractivity contribution in [1.29, 1.82) is 0 Å². The summed E-state index contributed by atoms with van der Waals surface area (Å²) in [5.74, 6) is 1.71. The lowest BCUT2D eigenvalue weighted by Gasteiger charge is -2.33. The highest BCUT2D eigenvalue weighted by Gasteiger charge is 2.17. The first kappa shape index (κ1) is 17.2. The predicted molar refractivity (Wildman–Crippen MR) is 104 cm³/mol. The molecule has 0 unspecified atom stereocenters. The average molecular weight is 363 g/mol. The Hall–Kier alpha value is -3.22. The molecule has 7 heteroatoms. The van der Waals surface area contributed by atoms with E-state index in [1.807, 2.05) is 37.5 Å². The zero-order valence-electron chi connectivity index (χ0n) is 15.2. The van der Waals surface area contributed by atoms with Gasteiger partial charge in [-0.1, -0.05) is 0 Å². The van der Waals surface area contributed by atoms with Gasteiger partial charge in [-0.25, -0.2) is 15.0 Å². The number of fused-ring (bicyclic) bond motifs is 1. The fraction of sp³-hybridized carbons (Fsp3) is 0.300. The lowest BCUT2D eigenvalue weighted by atomic mass is 10.0. The number of anilines is 1. The zero-order chi connectivity index (χ0) is 18.6. The summed E-state index contributed by atoms with van der Waals surface area (Å²) in [5.41, 5.74) is 2.84. The van der Waals surface area contributed by atoms with Crippen LogP contribution < -0.4 is 9.64 Å². The smallest absolute Gasteiger partial charge is 0.209 e. The molecule has 0 saturated carbocycles. The maximum atomic E-state index is 10.9. The highest BCUT2D eigenvalue weighted by atomic mass is 16.5. The van der Waals surface area contributed by atoms with Crippen molar-refractivity contribution in [2.45, 2.75) is 6.92 Å². The highest BCUT2D eigenvalue weighted by molar-refractivity contribution is 5.95. The number of hydrogen-bond acceptors (Lipinski definition) is 6.